The summed E-state index contributed by atoms with van der Waals surface area (Å²) < 4.78 is 4.47. The van der Waals surface area contributed by atoms with Crippen molar-refractivity contribution in [2.45, 2.75) is 6.42 Å². The number of methoxy groups -OCH3 is 1. The Hall–Kier alpha value is -2.87. The number of nitrogens with zero attached hydrogens (tertiary/aromatic N) is 2. The van der Waals surface area contributed by atoms with Gasteiger partial charge in [0.15, 0.2) is 5.17 Å². The fraction of sp³-hybridized carbons (Fsp3) is 0.125. The lowest BCUT2D eigenvalue weighted by molar-refractivity contribution is -0.135. The summed E-state index contributed by atoms with van der Waals surface area (Å²) in [6.45, 7) is 3.63. The molecular weight excluding hydrogens is 330 g/mol. The number of phenolic OH excluding ortho intramolecular Hbond substituents is 1. The highest BCUT2D eigenvalue weighted by molar-refractivity contribution is 8.18. The number of rotatable bonds is 5. The molecule has 0 saturated carbocycles. The minimum atomic E-state index is -0.615. The first-order chi connectivity index (χ1) is 11.5. The third kappa shape index (κ3) is 4.56. The van der Waals surface area contributed by atoms with E-state index in [1.807, 2.05) is 0 Å². The van der Waals surface area contributed by atoms with Crippen LogP contribution in [-0.2, 0) is 20.7 Å². The summed E-state index contributed by atoms with van der Waals surface area (Å²) in [7, 11) is 1.23. The van der Waals surface area contributed by atoms with Gasteiger partial charge in [-0.1, -0.05) is 6.08 Å². The fourth-order valence-corrected chi connectivity index (χ4v) is 2.53. The molecule has 0 bridgehead atoms. The van der Waals surface area contributed by atoms with Crippen LogP contribution in [0.2, 0.25) is 0 Å². The average Bonchev–Trinajstić information content (AvgIpc) is 2.90. The van der Waals surface area contributed by atoms with Crippen molar-refractivity contribution >= 4 is 35.0 Å². The molecule has 1 aliphatic heterocycles. The molecule has 0 unspecified atom stereocenters. The number of hydrogen-bond acceptors (Lipinski definition) is 7. The van der Waals surface area contributed by atoms with Gasteiger partial charge < -0.3 is 9.84 Å². The van der Waals surface area contributed by atoms with Crippen LogP contribution in [0.4, 0.5) is 0 Å². The maximum absolute atomic E-state index is 11.6. The number of nitrogens with one attached hydrogen (secondary N) is 1. The molecule has 0 aromatic heterocycles. The number of esters is 1. The number of benzene rings is 1. The van der Waals surface area contributed by atoms with Gasteiger partial charge in [0.05, 0.1) is 18.2 Å². The maximum Gasteiger partial charge on any atom is 0.331 e. The molecule has 1 fully saturated rings. The van der Waals surface area contributed by atoms with E-state index in [1.54, 1.807) is 24.3 Å². The number of aromatic hydroxyl groups is 1. The highest BCUT2D eigenvalue weighted by Crippen LogP contribution is 2.23. The van der Waals surface area contributed by atoms with Gasteiger partial charge in [0.25, 0.3) is 5.91 Å². The van der Waals surface area contributed by atoms with Gasteiger partial charge in [0.1, 0.15) is 5.75 Å². The Morgan fingerprint density at radius 3 is 3.00 bits per heavy atom. The molecule has 1 heterocycles. The Bertz CT molecular complexity index is 769. The number of carbonyl (C=O) groups is 2. The number of carbonyl (C=O) groups excluding carboxylic acids is 2. The average molecular weight is 345 g/mol. The van der Waals surface area contributed by atoms with Gasteiger partial charge in [-0.15, -0.1) is 11.7 Å². The zero-order valence-electron chi connectivity index (χ0n) is 12.9. The summed E-state index contributed by atoms with van der Waals surface area (Å²) in [6, 6.07) is 5.02. The molecule has 2 N–H and O–H groups in total. The number of amides is 1. The monoisotopic (exact) mass is 345 g/mol. The van der Waals surface area contributed by atoms with Crippen LogP contribution < -0.4 is 5.32 Å². The van der Waals surface area contributed by atoms with Gasteiger partial charge in [-0.05, 0) is 47.5 Å². The molecular formula is C16H15N3O4S. The number of allylic oxidation sites excluding steroid dienone is 1. The quantitative estimate of drug-likeness (QED) is 0.278. The lowest BCUT2D eigenvalue weighted by Gasteiger charge is -2.02. The Morgan fingerprint density at radius 2 is 2.29 bits per heavy atom. The molecule has 8 heteroatoms. The van der Waals surface area contributed by atoms with Crippen molar-refractivity contribution in [1.82, 2.24) is 5.32 Å². The summed E-state index contributed by atoms with van der Waals surface area (Å²) in [5, 5.41) is 20.2. The highest BCUT2D eigenvalue weighted by atomic mass is 32.2. The Balaban J connectivity index is 2.08. The minimum Gasteiger partial charge on any atom is -0.508 e. The van der Waals surface area contributed by atoms with E-state index in [1.165, 1.54) is 13.3 Å². The fourth-order valence-electron chi connectivity index (χ4n) is 1.79. The summed E-state index contributed by atoms with van der Waals surface area (Å²) >= 11 is 0.994. The molecule has 1 saturated heterocycles. The number of phenols is 1. The van der Waals surface area contributed by atoms with E-state index in [4.69, 9.17) is 0 Å². The molecule has 1 aromatic carbocycles. The van der Waals surface area contributed by atoms with Gasteiger partial charge in [-0.2, -0.15) is 5.10 Å². The third-order valence-corrected chi connectivity index (χ3v) is 3.82. The zero-order valence-corrected chi connectivity index (χ0v) is 13.7. The topological polar surface area (TPSA) is 100 Å². The van der Waals surface area contributed by atoms with Crippen molar-refractivity contribution in [3.8, 4) is 5.75 Å². The summed E-state index contributed by atoms with van der Waals surface area (Å²) in [5.74, 6) is -0.858. The second-order valence-electron chi connectivity index (χ2n) is 4.62. The van der Waals surface area contributed by atoms with Crippen molar-refractivity contribution < 1.29 is 19.4 Å². The molecule has 1 amide bonds. The van der Waals surface area contributed by atoms with Crippen molar-refractivity contribution in [2.24, 2.45) is 10.2 Å². The second-order valence-corrected chi connectivity index (χ2v) is 5.65. The van der Waals surface area contributed by atoms with Gasteiger partial charge in [-0.25, -0.2) is 4.79 Å². The van der Waals surface area contributed by atoms with E-state index in [2.05, 4.69) is 26.8 Å². The van der Waals surface area contributed by atoms with Crippen LogP contribution in [0, 0.1) is 0 Å². The lowest BCUT2D eigenvalue weighted by Crippen LogP contribution is -2.19. The maximum atomic E-state index is 11.6. The van der Waals surface area contributed by atoms with Crippen LogP contribution in [-0.4, -0.2) is 35.5 Å². The predicted molar refractivity (Wildman–Crippen MR) is 92.9 cm³/mol. The van der Waals surface area contributed by atoms with Crippen molar-refractivity contribution in [3.05, 3.63) is 53.0 Å². The van der Waals surface area contributed by atoms with E-state index in [0.29, 0.717) is 6.42 Å². The SMILES string of the molecule is C=CCc1cc(C=N/N=C2/NC(=O)/C(=C\C(=O)OC)S2)ccc1O. The Morgan fingerprint density at radius 1 is 1.50 bits per heavy atom. The first-order valence-corrected chi connectivity index (χ1v) is 7.67. The van der Waals surface area contributed by atoms with E-state index in [-0.39, 0.29) is 15.8 Å². The summed E-state index contributed by atoms with van der Waals surface area (Å²) in [5.41, 5.74) is 1.47. The standard InChI is InChI=1S/C16H15N3O4S/c1-3-4-11-7-10(5-6-12(11)20)9-17-19-16-18-15(22)13(24-16)8-14(21)23-2/h3,5-9,20H,1,4H2,2H3,(H,18,19,22)/b13-8+,17-9?. The highest BCUT2D eigenvalue weighted by Gasteiger charge is 2.24. The number of thioether (sulfide) groups is 1. The normalized spacial score (nSPS) is 17.5. The van der Waals surface area contributed by atoms with Crippen LogP contribution in [0.25, 0.3) is 0 Å². The number of amidine groups is 1. The van der Waals surface area contributed by atoms with E-state index >= 15 is 0 Å². The predicted octanol–water partition coefficient (Wildman–Crippen LogP) is 1.73. The lowest BCUT2D eigenvalue weighted by atomic mass is 10.1. The molecule has 1 aliphatic rings. The molecule has 2 rings (SSSR count). The van der Waals surface area contributed by atoms with Crippen LogP contribution >= 0.6 is 11.8 Å². The largest absolute Gasteiger partial charge is 0.508 e. The van der Waals surface area contributed by atoms with Crippen molar-refractivity contribution in [1.29, 1.82) is 0 Å². The van der Waals surface area contributed by atoms with Gasteiger partial charge >= 0.3 is 5.97 Å². The van der Waals surface area contributed by atoms with E-state index < -0.39 is 11.9 Å². The Kier molecular flexibility index (Phi) is 5.91. The van der Waals surface area contributed by atoms with E-state index in [0.717, 1.165) is 29.0 Å². The smallest absolute Gasteiger partial charge is 0.331 e. The number of hydrogen-bond donors (Lipinski definition) is 2. The Labute approximate surface area is 142 Å². The van der Waals surface area contributed by atoms with Crippen LogP contribution in [0.5, 0.6) is 5.75 Å². The van der Waals surface area contributed by atoms with Crippen LogP contribution in [0.1, 0.15) is 11.1 Å². The molecule has 0 radical (unpaired) electrons. The molecule has 7 nitrogen and oxygen atoms in total. The minimum absolute atomic E-state index is 0.189. The van der Waals surface area contributed by atoms with E-state index in [9.17, 15) is 14.7 Å². The molecule has 0 aliphatic carbocycles. The zero-order chi connectivity index (χ0) is 17.5. The first kappa shape index (κ1) is 17.5. The van der Waals surface area contributed by atoms with Crippen LogP contribution in [0.15, 0.2) is 52.0 Å². The molecule has 0 atom stereocenters. The molecule has 0 spiro atoms. The van der Waals surface area contributed by atoms with Gasteiger partial charge in [0, 0.05) is 6.08 Å². The second kappa shape index (κ2) is 8.11. The van der Waals surface area contributed by atoms with Crippen molar-refractivity contribution in [2.75, 3.05) is 7.11 Å². The van der Waals surface area contributed by atoms with Crippen molar-refractivity contribution in [3.63, 3.8) is 0 Å². The molecule has 24 heavy (non-hydrogen) atoms. The molecule has 124 valence electrons. The van der Waals surface area contributed by atoms with Gasteiger partial charge in [0.2, 0.25) is 0 Å². The first-order valence-electron chi connectivity index (χ1n) is 6.86. The van der Waals surface area contributed by atoms with Crippen LogP contribution in [0.3, 0.4) is 0 Å². The molecule has 1 aromatic rings. The van der Waals surface area contributed by atoms with Gasteiger partial charge in [-0.3, -0.25) is 10.1 Å². The summed E-state index contributed by atoms with van der Waals surface area (Å²) in [4.78, 5) is 23.0. The summed E-state index contributed by atoms with van der Waals surface area (Å²) in [6.07, 6.45) is 4.81. The number of ether oxygens (including phenoxy) is 1. The third-order valence-electron chi connectivity index (χ3n) is 2.92.